The fourth-order valence-electron chi connectivity index (χ4n) is 1.81. The predicted molar refractivity (Wildman–Crippen MR) is 61.4 cm³/mol. The number of aryl methyl sites for hydroxylation is 1. The molecule has 0 spiro atoms. The number of halogens is 1. The van der Waals surface area contributed by atoms with Gasteiger partial charge >= 0.3 is 0 Å². The highest BCUT2D eigenvalue weighted by Gasteiger charge is 2.38. The van der Waals surface area contributed by atoms with Crippen molar-refractivity contribution in [2.24, 2.45) is 0 Å². The van der Waals surface area contributed by atoms with Gasteiger partial charge in [0.25, 0.3) is 0 Å². The molecule has 0 saturated carbocycles. The number of hydrogen-bond donors (Lipinski definition) is 1. The van der Waals surface area contributed by atoms with E-state index in [-0.39, 0.29) is 0 Å². The summed E-state index contributed by atoms with van der Waals surface area (Å²) in [5, 5.41) is 14.7. The van der Waals surface area contributed by atoms with Crippen LogP contribution in [-0.4, -0.2) is 26.4 Å². The lowest BCUT2D eigenvalue weighted by Gasteiger charge is -2.22. The van der Waals surface area contributed by atoms with E-state index < -0.39 is 5.60 Å². The van der Waals surface area contributed by atoms with E-state index >= 15 is 0 Å². The highest BCUT2D eigenvalue weighted by Crippen LogP contribution is 2.39. The van der Waals surface area contributed by atoms with E-state index in [9.17, 15) is 5.11 Å². The minimum Gasteiger partial charge on any atom is -0.383 e. The van der Waals surface area contributed by atoms with Crippen molar-refractivity contribution >= 4 is 27.7 Å². The molecule has 2 rings (SSSR count). The van der Waals surface area contributed by atoms with E-state index in [1.807, 2.05) is 11.6 Å². The van der Waals surface area contributed by atoms with Gasteiger partial charge < -0.3 is 5.11 Å². The Balaban J connectivity index is 2.42. The maximum absolute atomic E-state index is 10.4. The Bertz CT molecular complexity index is 334. The molecule has 5 heteroatoms. The van der Waals surface area contributed by atoms with Crippen molar-refractivity contribution in [3.05, 3.63) is 16.4 Å². The van der Waals surface area contributed by atoms with Gasteiger partial charge in [-0.1, -0.05) is 0 Å². The first-order valence-corrected chi connectivity index (χ1v) is 6.64. The fourth-order valence-corrected chi connectivity index (χ4v) is 3.72. The molecule has 2 heterocycles. The summed E-state index contributed by atoms with van der Waals surface area (Å²) in [5.41, 5.74) is 0.251. The van der Waals surface area contributed by atoms with Crippen LogP contribution >= 0.6 is 27.7 Å². The summed E-state index contributed by atoms with van der Waals surface area (Å²) in [7, 11) is 0. The molecule has 1 aromatic heterocycles. The van der Waals surface area contributed by atoms with E-state index in [1.54, 1.807) is 18.0 Å². The molecule has 1 atom stereocenters. The van der Waals surface area contributed by atoms with Gasteiger partial charge in [0.1, 0.15) is 5.60 Å². The van der Waals surface area contributed by atoms with Crippen molar-refractivity contribution in [2.45, 2.75) is 25.5 Å². The van der Waals surface area contributed by atoms with Gasteiger partial charge in [0.05, 0.1) is 16.4 Å². The number of aromatic nitrogens is 2. The average molecular weight is 277 g/mol. The van der Waals surface area contributed by atoms with Gasteiger partial charge in [0.15, 0.2) is 0 Å². The lowest BCUT2D eigenvalue weighted by Crippen LogP contribution is -2.29. The van der Waals surface area contributed by atoms with Crippen LogP contribution in [0.5, 0.6) is 0 Å². The summed E-state index contributed by atoms with van der Waals surface area (Å²) < 4.78 is 2.79. The van der Waals surface area contributed by atoms with E-state index in [0.29, 0.717) is 0 Å². The minimum atomic E-state index is -0.685. The highest BCUT2D eigenvalue weighted by atomic mass is 79.9. The van der Waals surface area contributed by atoms with Crippen molar-refractivity contribution in [1.82, 2.24) is 9.78 Å². The van der Waals surface area contributed by atoms with Crippen LogP contribution in [0, 0.1) is 0 Å². The van der Waals surface area contributed by atoms with Crippen LogP contribution in [0.4, 0.5) is 0 Å². The average Bonchev–Trinajstić information content (AvgIpc) is 2.73. The summed E-state index contributed by atoms with van der Waals surface area (Å²) in [4.78, 5) is 0. The number of thioether (sulfide) groups is 1. The molecule has 78 valence electrons. The van der Waals surface area contributed by atoms with Crippen LogP contribution in [0.3, 0.4) is 0 Å². The van der Waals surface area contributed by atoms with Crippen LogP contribution in [0.1, 0.15) is 19.0 Å². The zero-order chi connectivity index (χ0) is 10.2. The lowest BCUT2D eigenvalue weighted by atomic mass is 9.99. The Labute approximate surface area is 96.0 Å². The maximum atomic E-state index is 10.4. The molecule has 1 N–H and O–H groups in total. The number of nitrogens with zero attached hydrogens (tertiary/aromatic N) is 2. The number of rotatable bonds is 2. The fraction of sp³-hybridized carbons (Fsp3) is 0.667. The molecule has 0 aromatic carbocycles. The van der Waals surface area contributed by atoms with Crippen molar-refractivity contribution in [2.75, 3.05) is 11.5 Å². The Morgan fingerprint density at radius 3 is 3.14 bits per heavy atom. The van der Waals surface area contributed by atoms with Crippen LogP contribution in [-0.2, 0) is 12.1 Å². The van der Waals surface area contributed by atoms with Crippen molar-refractivity contribution in [3.8, 4) is 0 Å². The molecular formula is C9H13BrN2OS. The minimum absolute atomic E-state index is 0.685. The normalized spacial score (nSPS) is 27.1. The summed E-state index contributed by atoms with van der Waals surface area (Å²) >= 11 is 5.25. The van der Waals surface area contributed by atoms with Crippen LogP contribution in [0.2, 0.25) is 0 Å². The first-order valence-electron chi connectivity index (χ1n) is 4.69. The van der Waals surface area contributed by atoms with Crippen molar-refractivity contribution in [1.29, 1.82) is 0 Å². The van der Waals surface area contributed by atoms with Crippen molar-refractivity contribution in [3.63, 3.8) is 0 Å². The van der Waals surface area contributed by atoms with Crippen LogP contribution in [0.15, 0.2) is 10.7 Å². The third-order valence-corrected chi connectivity index (χ3v) is 4.29. The molecule has 1 unspecified atom stereocenters. The molecule has 0 bridgehead atoms. The van der Waals surface area contributed by atoms with E-state index in [4.69, 9.17) is 0 Å². The standard InChI is InChI=1S/C9H13BrN2OS/c1-2-12-8(7(10)5-11-12)9(13)3-4-14-6-9/h5,13H,2-4,6H2,1H3. The third-order valence-electron chi connectivity index (χ3n) is 2.54. The second kappa shape index (κ2) is 3.87. The Morgan fingerprint density at radius 1 is 1.79 bits per heavy atom. The highest BCUT2D eigenvalue weighted by molar-refractivity contribution is 9.10. The van der Waals surface area contributed by atoms with Gasteiger partial charge in [0, 0.05) is 12.3 Å². The summed E-state index contributed by atoms with van der Waals surface area (Å²) in [5.74, 6) is 1.80. The second-order valence-electron chi connectivity index (χ2n) is 3.49. The summed E-state index contributed by atoms with van der Waals surface area (Å²) in [6, 6.07) is 0. The van der Waals surface area contributed by atoms with Crippen molar-refractivity contribution < 1.29 is 5.11 Å². The van der Waals surface area contributed by atoms with Crippen LogP contribution < -0.4 is 0 Å². The van der Waals surface area contributed by atoms with Gasteiger partial charge in [-0.25, -0.2) is 0 Å². The van der Waals surface area contributed by atoms with E-state index in [1.165, 1.54) is 0 Å². The summed E-state index contributed by atoms with van der Waals surface area (Å²) in [6.07, 6.45) is 2.59. The Kier molecular flexibility index (Phi) is 2.91. The molecule has 1 aliphatic heterocycles. The summed E-state index contributed by atoms with van der Waals surface area (Å²) in [6.45, 7) is 2.84. The SMILES string of the molecule is CCn1ncc(Br)c1C1(O)CCSC1. The predicted octanol–water partition coefficient (Wildman–Crippen LogP) is 1.99. The monoisotopic (exact) mass is 276 g/mol. The molecule has 3 nitrogen and oxygen atoms in total. The first-order chi connectivity index (χ1) is 6.67. The van der Waals surface area contributed by atoms with Gasteiger partial charge in [-0.05, 0) is 35.0 Å². The Hall–Kier alpha value is -0.0000000000000000555. The second-order valence-corrected chi connectivity index (χ2v) is 5.45. The zero-order valence-corrected chi connectivity index (χ0v) is 10.4. The van der Waals surface area contributed by atoms with Gasteiger partial charge in [0.2, 0.25) is 0 Å². The number of hydrogen-bond acceptors (Lipinski definition) is 3. The van der Waals surface area contributed by atoms with Gasteiger partial charge in [-0.15, -0.1) is 0 Å². The quantitative estimate of drug-likeness (QED) is 0.898. The van der Waals surface area contributed by atoms with Crippen LogP contribution in [0.25, 0.3) is 0 Å². The molecule has 1 aliphatic rings. The molecule has 1 saturated heterocycles. The molecule has 14 heavy (non-hydrogen) atoms. The lowest BCUT2D eigenvalue weighted by molar-refractivity contribution is 0.0553. The largest absolute Gasteiger partial charge is 0.383 e. The molecule has 1 aromatic rings. The molecule has 0 radical (unpaired) electrons. The van der Waals surface area contributed by atoms with E-state index in [2.05, 4.69) is 21.0 Å². The number of aliphatic hydroxyl groups is 1. The Morgan fingerprint density at radius 2 is 2.57 bits per heavy atom. The van der Waals surface area contributed by atoms with Gasteiger partial charge in [-0.3, -0.25) is 4.68 Å². The molecule has 1 fully saturated rings. The molecule has 0 amide bonds. The zero-order valence-electron chi connectivity index (χ0n) is 8.03. The maximum Gasteiger partial charge on any atom is 0.117 e. The third kappa shape index (κ3) is 1.61. The van der Waals surface area contributed by atoms with Gasteiger partial charge in [-0.2, -0.15) is 16.9 Å². The van der Waals surface area contributed by atoms with E-state index in [0.717, 1.165) is 34.6 Å². The smallest absolute Gasteiger partial charge is 0.117 e. The topological polar surface area (TPSA) is 38.0 Å². The first kappa shape index (κ1) is 10.5. The molecular weight excluding hydrogens is 264 g/mol. The molecule has 0 aliphatic carbocycles.